The number of benzene rings is 2. The van der Waals surface area contributed by atoms with Crippen LogP contribution < -0.4 is 10.6 Å². The van der Waals surface area contributed by atoms with Crippen molar-refractivity contribution in [2.45, 2.75) is 44.7 Å². The highest BCUT2D eigenvalue weighted by molar-refractivity contribution is 5.86. The van der Waals surface area contributed by atoms with Crippen LogP contribution in [-0.2, 0) is 12.0 Å². The van der Waals surface area contributed by atoms with E-state index in [4.69, 9.17) is 0 Å². The van der Waals surface area contributed by atoms with Gasteiger partial charge in [0.2, 0.25) is 0 Å². The Labute approximate surface area is 177 Å². The molecule has 1 saturated heterocycles. The lowest BCUT2D eigenvalue weighted by atomic mass is 9.79. The fourth-order valence-corrected chi connectivity index (χ4v) is 5.16. The van der Waals surface area contributed by atoms with Crippen molar-refractivity contribution in [3.05, 3.63) is 70.9 Å². The summed E-state index contributed by atoms with van der Waals surface area (Å²) >= 11 is 0. The van der Waals surface area contributed by atoms with E-state index < -0.39 is 0 Å². The zero-order valence-electron chi connectivity index (χ0n) is 17.8. The molecule has 3 aromatic rings. The van der Waals surface area contributed by atoms with Crippen LogP contribution in [0.4, 0.5) is 4.79 Å². The van der Waals surface area contributed by atoms with E-state index in [2.05, 4.69) is 52.9 Å². The lowest BCUT2D eigenvalue weighted by Crippen LogP contribution is -2.56. The van der Waals surface area contributed by atoms with E-state index in [0.717, 1.165) is 44.5 Å². The third-order valence-electron chi connectivity index (χ3n) is 6.92. The number of hydrogen-bond donors (Lipinski definition) is 3. The van der Waals surface area contributed by atoms with Crippen LogP contribution in [0.15, 0.2) is 48.5 Å². The molecule has 1 atom stereocenters. The standard InChI is InChI=1S/C25H30N4O/c1-17-8-9-22-21(16-17)20-10-13-26-25(23(20)28-22)11-14-29(15-12-25)24(30)27-18(2)19-6-4-3-5-7-19/h3-9,16,18,26,28H,10-15H2,1-2H3,(H,27,30)/t18-/m0/s1. The summed E-state index contributed by atoms with van der Waals surface area (Å²) in [6, 6.07) is 16.8. The van der Waals surface area contributed by atoms with Gasteiger partial charge >= 0.3 is 6.03 Å². The second kappa shape index (κ2) is 7.47. The molecule has 2 amide bonds. The Morgan fingerprint density at radius 3 is 2.67 bits per heavy atom. The van der Waals surface area contributed by atoms with Gasteiger partial charge in [0.15, 0.2) is 0 Å². The highest BCUT2D eigenvalue weighted by atomic mass is 16.2. The first kappa shape index (κ1) is 19.2. The molecule has 2 aliphatic rings. The zero-order chi connectivity index (χ0) is 20.7. The van der Waals surface area contributed by atoms with E-state index in [1.807, 2.05) is 30.0 Å². The minimum absolute atomic E-state index is 0.00550. The number of likely N-dealkylation sites (tertiary alicyclic amines) is 1. The monoisotopic (exact) mass is 402 g/mol. The lowest BCUT2D eigenvalue weighted by Gasteiger charge is -2.45. The predicted octanol–water partition coefficient (Wildman–Crippen LogP) is 4.38. The SMILES string of the molecule is Cc1ccc2[nH]c3c(c2c1)CCNC31CCN(C(=O)N[C@@H](C)c2ccccc2)CC1. The van der Waals surface area contributed by atoms with Crippen molar-refractivity contribution >= 4 is 16.9 Å². The molecule has 5 nitrogen and oxygen atoms in total. The van der Waals surface area contributed by atoms with Crippen LogP contribution >= 0.6 is 0 Å². The second-order valence-corrected chi connectivity index (χ2v) is 8.86. The van der Waals surface area contributed by atoms with Gasteiger partial charge in [-0.2, -0.15) is 0 Å². The molecule has 3 heterocycles. The number of fused-ring (bicyclic) bond motifs is 4. The van der Waals surface area contributed by atoms with Gasteiger partial charge in [-0.25, -0.2) is 4.79 Å². The van der Waals surface area contributed by atoms with Gasteiger partial charge in [0, 0.05) is 36.2 Å². The molecule has 3 N–H and O–H groups in total. The molecular formula is C25H30N4O. The van der Waals surface area contributed by atoms with Gasteiger partial charge in [-0.15, -0.1) is 0 Å². The Morgan fingerprint density at radius 1 is 1.13 bits per heavy atom. The lowest BCUT2D eigenvalue weighted by molar-refractivity contribution is 0.133. The summed E-state index contributed by atoms with van der Waals surface area (Å²) in [4.78, 5) is 18.5. The van der Waals surface area contributed by atoms with E-state index in [0.29, 0.717) is 0 Å². The van der Waals surface area contributed by atoms with Crippen molar-refractivity contribution < 1.29 is 4.79 Å². The van der Waals surface area contributed by atoms with Crippen LogP contribution in [0.3, 0.4) is 0 Å². The Balaban J connectivity index is 1.31. The van der Waals surface area contributed by atoms with Crippen LogP contribution in [0, 0.1) is 6.92 Å². The van der Waals surface area contributed by atoms with Crippen LogP contribution in [0.5, 0.6) is 0 Å². The molecule has 0 radical (unpaired) electrons. The molecule has 2 aliphatic heterocycles. The summed E-state index contributed by atoms with van der Waals surface area (Å²) < 4.78 is 0. The average Bonchev–Trinajstić information content (AvgIpc) is 3.14. The van der Waals surface area contributed by atoms with Crippen molar-refractivity contribution in [2.75, 3.05) is 19.6 Å². The number of hydrogen-bond acceptors (Lipinski definition) is 2. The van der Waals surface area contributed by atoms with Crippen LogP contribution in [-0.4, -0.2) is 35.5 Å². The molecule has 0 unspecified atom stereocenters. The molecular weight excluding hydrogens is 372 g/mol. The van der Waals surface area contributed by atoms with E-state index in [9.17, 15) is 4.79 Å². The van der Waals surface area contributed by atoms with Crippen LogP contribution in [0.1, 0.15) is 48.2 Å². The van der Waals surface area contributed by atoms with Gasteiger partial charge in [0.1, 0.15) is 0 Å². The normalized spacial score (nSPS) is 18.9. The van der Waals surface area contributed by atoms with Crippen molar-refractivity contribution in [3.8, 4) is 0 Å². The smallest absolute Gasteiger partial charge is 0.317 e. The number of amides is 2. The Kier molecular flexibility index (Phi) is 4.78. The number of H-pyrrole nitrogens is 1. The number of carbonyl (C=O) groups excluding carboxylic acids is 1. The van der Waals surface area contributed by atoms with E-state index >= 15 is 0 Å². The molecule has 5 heteroatoms. The van der Waals surface area contributed by atoms with Crippen LogP contribution in [0.25, 0.3) is 10.9 Å². The average molecular weight is 403 g/mol. The number of aryl methyl sites for hydroxylation is 1. The molecule has 30 heavy (non-hydrogen) atoms. The molecule has 0 aliphatic carbocycles. The number of carbonyl (C=O) groups is 1. The summed E-state index contributed by atoms with van der Waals surface area (Å²) in [7, 11) is 0. The van der Waals surface area contributed by atoms with Crippen molar-refractivity contribution in [3.63, 3.8) is 0 Å². The van der Waals surface area contributed by atoms with Gasteiger partial charge in [-0.05, 0) is 56.4 Å². The molecule has 1 aromatic heterocycles. The number of rotatable bonds is 2. The Morgan fingerprint density at radius 2 is 1.90 bits per heavy atom. The second-order valence-electron chi connectivity index (χ2n) is 8.86. The zero-order valence-corrected chi connectivity index (χ0v) is 17.8. The van der Waals surface area contributed by atoms with Crippen LogP contribution in [0.2, 0.25) is 0 Å². The first-order chi connectivity index (χ1) is 14.6. The van der Waals surface area contributed by atoms with Gasteiger partial charge in [0.05, 0.1) is 11.6 Å². The largest absolute Gasteiger partial charge is 0.357 e. The van der Waals surface area contributed by atoms with E-state index in [-0.39, 0.29) is 17.6 Å². The number of urea groups is 1. The number of aromatic amines is 1. The molecule has 2 aromatic carbocycles. The molecule has 5 rings (SSSR count). The van der Waals surface area contributed by atoms with Crippen molar-refractivity contribution in [1.29, 1.82) is 0 Å². The topological polar surface area (TPSA) is 60.2 Å². The molecule has 0 saturated carbocycles. The van der Waals surface area contributed by atoms with E-state index in [1.54, 1.807) is 0 Å². The maximum atomic E-state index is 12.9. The molecule has 1 spiro atoms. The van der Waals surface area contributed by atoms with Crippen molar-refractivity contribution in [1.82, 2.24) is 20.5 Å². The first-order valence-corrected chi connectivity index (χ1v) is 11.0. The summed E-state index contributed by atoms with van der Waals surface area (Å²) in [5.41, 5.74) is 6.41. The highest BCUT2D eigenvalue weighted by Crippen LogP contribution is 2.40. The molecule has 156 valence electrons. The minimum Gasteiger partial charge on any atom is -0.357 e. The minimum atomic E-state index is -0.0532. The van der Waals surface area contributed by atoms with Gasteiger partial charge < -0.3 is 20.5 Å². The number of aromatic nitrogens is 1. The fourth-order valence-electron chi connectivity index (χ4n) is 5.16. The summed E-state index contributed by atoms with van der Waals surface area (Å²) in [6.45, 7) is 6.71. The maximum Gasteiger partial charge on any atom is 0.317 e. The van der Waals surface area contributed by atoms with Crippen molar-refractivity contribution in [2.24, 2.45) is 0 Å². The first-order valence-electron chi connectivity index (χ1n) is 11.0. The quantitative estimate of drug-likeness (QED) is 0.596. The third kappa shape index (κ3) is 3.27. The highest BCUT2D eigenvalue weighted by Gasteiger charge is 2.42. The Hall–Kier alpha value is -2.79. The van der Waals surface area contributed by atoms with Gasteiger partial charge in [-0.3, -0.25) is 0 Å². The number of nitrogens with zero attached hydrogens (tertiary/aromatic N) is 1. The third-order valence-corrected chi connectivity index (χ3v) is 6.92. The van der Waals surface area contributed by atoms with E-state index in [1.165, 1.54) is 27.7 Å². The maximum absolute atomic E-state index is 12.9. The van der Waals surface area contributed by atoms with Gasteiger partial charge in [0.25, 0.3) is 0 Å². The molecule has 0 bridgehead atoms. The fraction of sp³-hybridized carbons (Fsp3) is 0.400. The number of piperidine rings is 1. The summed E-state index contributed by atoms with van der Waals surface area (Å²) in [6.07, 6.45) is 2.91. The Bertz CT molecular complexity index is 1060. The summed E-state index contributed by atoms with van der Waals surface area (Å²) in [5.74, 6) is 0. The number of nitrogens with one attached hydrogen (secondary N) is 3. The summed E-state index contributed by atoms with van der Waals surface area (Å²) in [5, 5.41) is 8.33. The van der Waals surface area contributed by atoms with Gasteiger partial charge in [-0.1, -0.05) is 42.0 Å². The molecule has 1 fully saturated rings. The predicted molar refractivity (Wildman–Crippen MR) is 121 cm³/mol.